The third kappa shape index (κ3) is 2.84. The van der Waals surface area contributed by atoms with Crippen LogP contribution >= 0.6 is 43.4 Å². The van der Waals surface area contributed by atoms with E-state index in [-0.39, 0.29) is 0 Å². The first-order valence-corrected chi connectivity index (χ1v) is 6.08. The van der Waals surface area contributed by atoms with Gasteiger partial charge in [-0.15, -0.1) is 0 Å². The molecule has 1 unspecified atom stereocenters. The van der Waals surface area contributed by atoms with Gasteiger partial charge >= 0.3 is 0 Å². The predicted molar refractivity (Wildman–Crippen MR) is 56.5 cm³/mol. The van der Waals surface area contributed by atoms with Gasteiger partial charge in [0.15, 0.2) is 0 Å². The van der Waals surface area contributed by atoms with Gasteiger partial charge in [-0.3, -0.25) is 0 Å². The Kier molecular flexibility index (Phi) is 4.02. The maximum Gasteiger partial charge on any atom is 0.0552 e. The molecule has 0 aromatic carbocycles. The Balaban J connectivity index is 2.56. The maximum atomic E-state index is 4.09. The fraction of sp³-hybridized carbons (Fsp3) is 0.571. The molecule has 1 heterocycles. The SMILES string of the molecule is CC(CBr)Cc1sncc1Br. The van der Waals surface area contributed by atoms with Crippen LogP contribution < -0.4 is 0 Å². The van der Waals surface area contributed by atoms with Gasteiger partial charge in [0.25, 0.3) is 0 Å². The first-order chi connectivity index (χ1) is 5.24. The lowest BCUT2D eigenvalue weighted by molar-refractivity contribution is 0.669. The normalized spacial score (nSPS) is 13.4. The van der Waals surface area contributed by atoms with Crippen molar-refractivity contribution in [1.82, 2.24) is 4.37 Å². The van der Waals surface area contributed by atoms with Crippen LogP contribution in [0.5, 0.6) is 0 Å². The molecule has 0 amide bonds. The molecule has 1 aromatic heterocycles. The van der Waals surface area contributed by atoms with E-state index in [0.29, 0.717) is 5.92 Å². The van der Waals surface area contributed by atoms with Crippen LogP contribution in [0, 0.1) is 5.92 Å². The first-order valence-electron chi connectivity index (χ1n) is 3.39. The van der Waals surface area contributed by atoms with Crippen LogP contribution in [0.3, 0.4) is 0 Å². The van der Waals surface area contributed by atoms with Crippen molar-refractivity contribution in [2.45, 2.75) is 13.3 Å². The van der Waals surface area contributed by atoms with Gasteiger partial charge in [0.05, 0.1) is 10.7 Å². The van der Waals surface area contributed by atoms with Gasteiger partial charge in [-0.1, -0.05) is 22.9 Å². The van der Waals surface area contributed by atoms with E-state index in [1.165, 1.54) is 4.88 Å². The van der Waals surface area contributed by atoms with Crippen LogP contribution in [-0.2, 0) is 6.42 Å². The number of halogens is 2. The minimum atomic E-state index is 0.687. The van der Waals surface area contributed by atoms with E-state index in [1.807, 2.05) is 6.20 Å². The zero-order chi connectivity index (χ0) is 8.27. The molecule has 0 bridgehead atoms. The average Bonchev–Trinajstić information content (AvgIpc) is 2.37. The highest BCUT2D eigenvalue weighted by molar-refractivity contribution is 9.10. The lowest BCUT2D eigenvalue weighted by Crippen LogP contribution is -1.98. The van der Waals surface area contributed by atoms with E-state index in [1.54, 1.807) is 11.5 Å². The Hall–Kier alpha value is 0.590. The topological polar surface area (TPSA) is 12.9 Å². The lowest BCUT2D eigenvalue weighted by Gasteiger charge is -2.03. The minimum absolute atomic E-state index is 0.687. The number of rotatable bonds is 3. The smallest absolute Gasteiger partial charge is 0.0552 e. The standard InChI is InChI=1S/C7H9Br2NS/c1-5(3-8)2-7-6(9)4-10-11-7/h4-5H,2-3H2,1H3. The van der Waals surface area contributed by atoms with Gasteiger partial charge in [-0.2, -0.15) is 4.37 Å². The number of aromatic nitrogens is 1. The summed E-state index contributed by atoms with van der Waals surface area (Å²) in [5, 5.41) is 1.05. The lowest BCUT2D eigenvalue weighted by atomic mass is 10.1. The molecule has 0 saturated carbocycles. The second kappa shape index (κ2) is 4.58. The summed E-state index contributed by atoms with van der Waals surface area (Å²) in [5.74, 6) is 0.687. The van der Waals surface area contributed by atoms with Crippen molar-refractivity contribution >= 4 is 43.4 Å². The molecule has 0 aliphatic carbocycles. The molecule has 0 radical (unpaired) electrons. The summed E-state index contributed by atoms with van der Waals surface area (Å²) < 4.78 is 5.24. The Labute approximate surface area is 87.6 Å². The molecule has 1 aromatic rings. The van der Waals surface area contributed by atoms with Crippen molar-refractivity contribution < 1.29 is 0 Å². The van der Waals surface area contributed by atoms with Gasteiger partial charge in [-0.05, 0) is 39.8 Å². The zero-order valence-corrected chi connectivity index (χ0v) is 10.2. The van der Waals surface area contributed by atoms with E-state index in [9.17, 15) is 0 Å². The highest BCUT2D eigenvalue weighted by Gasteiger charge is 2.06. The van der Waals surface area contributed by atoms with Crippen LogP contribution in [-0.4, -0.2) is 9.70 Å². The fourth-order valence-electron chi connectivity index (χ4n) is 0.758. The molecule has 0 spiro atoms. The molecule has 0 aliphatic rings. The maximum absolute atomic E-state index is 4.09. The number of hydrogen-bond donors (Lipinski definition) is 0. The summed E-state index contributed by atoms with van der Waals surface area (Å²) in [4.78, 5) is 1.34. The summed E-state index contributed by atoms with van der Waals surface area (Å²) in [6.07, 6.45) is 2.97. The van der Waals surface area contributed by atoms with E-state index >= 15 is 0 Å². The van der Waals surface area contributed by atoms with Gasteiger partial charge in [-0.25, -0.2) is 0 Å². The molecular weight excluding hydrogens is 290 g/mol. The molecule has 11 heavy (non-hydrogen) atoms. The third-order valence-corrected chi connectivity index (χ3v) is 4.26. The van der Waals surface area contributed by atoms with Crippen molar-refractivity contribution in [3.8, 4) is 0 Å². The third-order valence-electron chi connectivity index (χ3n) is 1.39. The predicted octanol–water partition coefficient (Wildman–Crippen LogP) is 3.48. The summed E-state index contributed by atoms with van der Waals surface area (Å²) in [5.41, 5.74) is 0. The van der Waals surface area contributed by atoms with Crippen LogP contribution in [0.1, 0.15) is 11.8 Å². The quantitative estimate of drug-likeness (QED) is 0.779. The molecule has 4 heteroatoms. The Bertz CT molecular complexity index is 224. The number of nitrogens with zero attached hydrogens (tertiary/aromatic N) is 1. The molecule has 1 rings (SSSR count). The summed E-state index contributed by atoms with van der Waals surface area (Å²) in [7, 11) is 0. The van der Waals surface area contributed by atoms with Crippen LogP contribution in [0.2, 0.25) is 0 Å². The largest absolute Gasteiger partial charge is 0.200 e. The molecule has 0 fully saturated rings. The average molecular weight is 299 g/mol. The van der Waals surface area contributed by atoms with E-state index < -0.39 is 0 Å². The van der Waals surface area contributed by atoms with Crippen LogP contribution in [0.4, 0.5) is 0 Å². The zero-order valence-electron chi connectivity index (χ0n) is 6.18. The fourth-order valence-corrected chi connectivity index (χ4v) is 2.39. The van der Waals surface area contributed by atoms with Crippen LogP contribution in [0.25, 0.3) is 0 Å². The van der Waals surface area contributed by atoms with E-state index in [0.717, 1.165) is 16.2 Å². The second-order valence-corrected chi connectivity index (χ2v) is 4.95. The van der Waals surface area contributed by atoms with Crippen molar-refractivity contribution in [1.29, 1.82) is 0 Å². The van der Waals surface area contributed by atoms with Crippen molar-refractivity contribution in [3.05, 3.63) is 15.5 Å². The molecular formula is C7H9Br2NS. The summed E-state index contributed by atoms with van der Waals surface area (Å²) in [6, 6.07) is 0. The Morgan fingerprint density at radius 1 is 1.73 bits per heavy atom. The first kappa shape index (κ1) is 9.68. The molecule has 1 nitrogen and oxygen atoms in total. The molecule has 0 aliphatic heterocycles. The second-order valence-electron chi connectivity index (χ2n) is 2.56. The van der Waals surface area contributed by atoms with Crippen molar-refractivity contribution in [2.24, 2.45) is 5.92 Å². The van der Waals surface area contributed by atoms with E-state index in [2.05, 4.69) is 43.2 Å². The van der Waals surface area contributed by atoms with Gasteiger partial charge in [0.2, 0.25) is 0 Å². The molecule has 1 atom stereocenters. The Morgan fingerprint density at radius 3 is 2.91 bits per heavy atom. The highest BCUT2D eigenvalue weighted by atomic mass is 79.9. The van der Waals surface area contributed by atoms with Gasteiger partial charge in [0.1, 0.15) is 0 Å². The van der Waals surface area contributed by atoms with Gasteiger partial charge in [0, 0.05) is 10.2 Å². The molecule has 0 saturated heterocycles. The summed E-state index contributed by atoms with van der Waals surface area (Å²) >= 11 is 8.49. The Morgan fingerprint density at radius 2 is 2.45 bits per heavy atom. The van der Waals surface area contributed by atoms with Crippen molar-refractivity contribution in [2.75, 3.05) is 5.33 Å². The molecule has 62 valence electrons. The monoisotopic (exact) mass is 297 g/mol. The minimum Gasteiger partial charge on any atom is -0.200 e. The number of alkyl halides is 1. The van der Waals surface area contributed by atoms with Gasteiger partial charge < -0.3 is 0 Å². The number of hydrogen-bond acceptors (Lipinski definition) is 2. The highest BCUT2D eigenvalue weighted by Crippen LogP contribution is 2.23. The van der Waals surface area contributed by atoms with Crippen molar-refractivity contribution in [3.63, 3.8) is 0 Å². The summed E-state index contributed by atoms with van der Waals surface area (Å²) in [6.45, 7) is 2.22. The van der Waals surface area contributed by atoms with E-state index in [4.69, 9.17) is 0 Å². The van der Waals surface area contributed by atoms with Crippen LogP contribution in [0.15, 0.2) is 10.7 Å². The molecule has 0 N–H and O–H groups in total.